The van der Waals surface area contributed by atoms with Crippen molar-refractivity contribution in [3.05, 3.63) is 78.4 Å². The van der Waals surface area contributed by atoms with E-state index in [-0.39, 0.29) is 11.6 Å². The van der Waals surface area contributed by atoms with Gasteiger partial charge in [0.1, 0.15) is 11.4 Å². The summed E-state index contributed by atoms with van der Waals surface area (Å²) in [4.78, 5) is 27.6. The molecule has 0 unspecified atom stereocenters. The maximum absolute atomic E-state index is 13.1. The van der Waals surface area contributed by atoms with Crippen LogP contribution in [0.15, 0.2) is 67.1 Å². The van der Waals surface area contributed by atoms with Gasteiger partial charge in [0.25, 0.3) is 5.91 Å². The minimum absolute atomic E-state index is 0.238. The second-order valence-electron chi connectivity index (χ2n) is 5.80. The van der Waals surface area contributed by atoms with Crippen LogP contribution in [0.1, 0.15) is 16.1 Å². The zero-order valence-electron chi connectivity index (χ0n) is 14.6. The molecule has 2 aromatic carbocycles. The van der Waals surface area contributed by atoms with Crippen molar-refractivity contribution in [2.24, 2.45) is 0 Å². The van der Waals surface area contributed by atoms with Crippen molar-refractivity contribution in [3.8, 4) is 5.75 Å². The van der Waals surface area contributed by atoms with Gasteiger partial charge in [-0.25, -0.2) is 9.97 Å². The number of nitrogens with zero attached hydrogens (tertiary/aromatic N) is 4. The SMILES string of the molecule is COc1ccc2nc(N(Cc3ccccc3)C(=O)c3cnccn3)sc2c1. The smallest absolute Gasteiger partial charge is 0.280 e. The van der Waals surface area contributed by atoms with Gasteiger partial charge in [0.15, 0.2) is 5.13 Å². The summed E-state index contributed by atoms with van der Waals surface area (Å²) >= 11 is 1.44. The Morgan fingerprint density at radius 3 is 2.74 bits per heavy atom. The average Bonchev–Trinajstić information content (AvgIpc) is 3.15. The van der Waals surface area contributed by atoms with Crippen molar-refractivity contribution in [2.45, 2.75) is 6.54 Å². The molecule has 0 bridgehead atoms. The Balaban J connectivity index is 1.76. The number of thiazole rings is 1. The van der Waals surface area contributed by atoms with Crippen LogP contribution in [-0.2, 0) is 6.54 Å². The summed E-state index contributed by atoms with van der Waals surface area (Å²) < 4.78 is 6.24. The summed E-state index contributed by atoms with van der Waals surface area (Å²) in [6, 6.07) is 15.5. The number of benzene rings is 2. The average molecular weight is 376 g/mol. The van der Waals surface area contributed by atoms with E-state index in [1.165, 1.54) is 23.7 Å². The van der Waals surface area contributed by atoms with Crippen LogP contribution in [0.4, 0.5) is 5.13 Å². The number of fused-ring (bicyclic) bond motifs is 1. The predicted molar refractivity (Wildman–Crippen MR) is 105 cm³/mol. The highest BCUT2D eigenvalue weighted by Crippen LogP contribution is 2.32. The van der Waals surface area contributed by atoms with Crippen LogP contribution < -0.4 is 9.64 Å². The molecule has 0 N–H and O–H groups in total. The number of methoxy groups -OCH3 is 1. The van der Waals surface area contributed by atoms with Crippen LogP contribution in [0.3, 0.4) is 0 Å². The first-order chi connectivity index (χ1) is 13.2. The van der Waals surface area contributed by atoms with Crippen LogP contribution in [0.25, 0.3) is 10.2 Å². The fourth-order valence-electron chi connectivity index (χ4n) is 2.68. The van der Waals surface area contributed by atoms with Crippen molar-refractivity contribution < 1.29 is 9.53 Å². The fraction of sp³-hybridized carbons (Fsp3) is 0.100. The Kier molecular flexibility index (Phi) is 4.76. The highest BCUT2D eigenvalue weighted by molar-refractivity contribution is 7.22. The summed E-state index contributed by atoms with van der Waals surface area (Å²) in [5, 5.41) is 0.609. The van der Waals surface area contributed by atoms with E-state index in [1.54, 1.807) is 18.2 Å². The number of amides is 1. The second kappa shape index (κ2) is 7.51. The van der Waals surface area contributed by atoms with E-state index >= 15 is 0 Å². The van der Waals surface area contributed by atoms with Crippen molar-refractivity contribution in [1.29, 1.82) is 0 Å². The number of aromatic nitrogens is 3. The molecule has 2 heterocycles. The number of carbonyl (C=O) groups excluding carboxylic acids is 1. The second-order valence-corrected chi connectivity index (χ2v) is 6.81. The van der Waals surface area contributed by atoms with Crippen LogP contribution in [0.2, 0.25) is 0 Å². The van der Waals surface area contributed by atoms with E-state index in [9.17, 15) is 4.79 Å². The summed E-state index contributed by atoms with van der Waals surface area (Å²) in [6.07, 6.45) is 4.52. The van der Waals surface area contributed by atoms with Gasteiger partial charge in [-0.2, -0.15) is 0 Å². The first-order valence-electron chi connectivity index (χ1n) is 8.31. The molecule has 0 saturated carbocycles. The molecule has 0 saturated heterocycles. The molecule has 7 heteroatoms. The monoisotopic (exact) mass is 376 g/mol. The molecule has 0 fully saturated rings. The molecule has 0 aliphatic rings. The van der Waals surface area contributed by atoms with Gasteiger partial charge in [0.05, 0.1) is 30.1 Å². The van der Waals surface area contributed by atoms with E-state index in [1.807, 2.05) is 48.5 Å². The standard InChI is InChI=1S/C20H16N4O2S/c1-26-15-7-8-16-18(11-15)27-20(23-16)24(13-14-5-3-2-4-6-14)19(25)17-12-21-9-10-22-17/h2-12H,13H2,1H3. The summed E-state index contributed by atoms with van der Waals surface area (Å²) in [5.41, 5.74) is 2.11. The van der Waals surface area contributed by atoms with Crippen molar-refractivity contribution in [3.63, 3.8) is 0 Å². The Morgan fingerprint density at radius 1 is 1.15 bits per heavy atom. The normalized spacial score (nSPS) is 10.7. The lowest BCUT2D eigenvalue weighted by Gasteiger charge is -2.19. The van der Waals surface area contributed by atoms with Gasteiger partial charge in [-0.1, -0.05) is 41.7 Å². The molecule has 4 aromatic rings. The molecule has 4 rings (SSSR count). The van der Waals surface area contributed by atoms with Gasteiger partial charge in [-0.15, -0.1) is 0 Å². The third-order valence-corrected chi connectivity index (χ3v) is 5.07. The Bertz CT molecular complexity index is 1070. The zero-order chi connectivity index (χ0) is 18.6. The van der Waals surface area contributed by atoms with E-state index in [4.69, 9.17) is 4.74 Å². The van der Waals surface area contributed by atoms with Gasteiger partial charge in [0.2, 0.25) is 0 Å². The van der Waals surface area contributed by atoms with E-state index in [0.717, 1.165) is 21.5 Å². The molecule has 27 heavy (non-hydrogen) atoms. The number of ether oxygens (including phenoxy) is 1. The zero-order valence-corrected chi connectivity index (χ0v) is 15.4. The van der Waals surface area contributed by atoms with Crippen molar-refractivity contribution >= 4 is 32.6 Å². The topological polar surface area (TPSA) is 68.2 Å². The molecule has 134 valence electrons. The van der Waals surface area contributed by atoms with Gasteiger partial charge in [0, 0.05) is 12.4 Å². The molecular formula is C20H16N4O2S. The first kappa shape index (κ1) is 17.1. The molecule has 0 spiro atoms. The summed E-state index contributed by atoms with van der Waals surface area (Å²) in [7, 11) is 1.63. The molecular weight excluding hydrogens is 360 g/mol. The third kappa shape index (κ3) is 3.63. The van der Waals surface area contributed by atoms with Crippen LogP contribution in [-0.4, -0.2) is 28.0 Å². The summed E-state index contributed by atoms with van der Waals surface area (Å²) in [5.74, 6) is 0.519. The first-order valence-corrected chi connectivity index (χ1v) is 9.12. The number of rotatable bonds is 5. The maximum atomic E-state index is 13.1. The molecule has 0 radical (unpaired) electrons. The van der Waals surface area contributed by atoms with E-state index in [2.05, 4.69) is 15.0 Å². The molecule has 2 aromatic heterocycles. The molecule has 0 aliphatic heterocycles. The highest BCUT2D eigenvalue weighted by Gasteiger charge is 2.23. The Hall–Kier alpha value is -3.32. The third-order valence-electron chi connectivity index (χ3n) is 4.03. The van der Waals surface area contributed by atoms with Gasteiger partial charge >= 0.3 is 0 Å². The summed E-state index contributed by atoms with van der Waals surface area (Å²) in [6.45, 7) is 0.396. The largest absolute Gasteiger partial charge is 0.497 e. The Morgan fingerprint density at radius 2 is 2.00 bits per heavy atom. The predicted octanol–water partition coefficient (Wildman–Crippen LogP) is 3.94. The quantitative estimate of drug-likeness (QED) is 0.528. The minimum atomic E-state index is -0.238. The van der Waals surface area contributed by atoms with Crippen molar-refractivity contribution in [1.82, 2.24) is 15.0 Å². The molecule has 0 atom stereocenters. The Labute approximate surface area is 160 Å². The molecule has 6 nitrogen and oxygen atoms in total. The fourth-order valence-corrected chi connectivity index (χ4v) is 3.67. The number of hydrogen-bond acceptors (Lipinski definition) is 6. The number of hydrogen-bond donors (Lipinski definition) is 0. The van der Waals surface area contributed by atoms with Crippen molar-refractivity contribution in [2.75, 3.05) is 12.0 Å². The van der Waals surface area contributed by atoms with Crippen LogP contribution in [0.5, 0.6) is 5.75 Å². The lowest BCUT2D eigenvalue weighted by molar-refractivity contribution is 0.0980. The molecule has 0 aliphatic carbocycles. The molecule has 1 amide bonds. The van der Waals surface area contributed by atoms with Gasteiger partial charge in [-0.3, -0.25) is 14.7 Å². The lowest BCUT2D eigenvalue weighted by Crippen LogP contribution is -2.31. The maximum Gasteiger partial charge on any atom is 0.280 e. The van der Waals surface area contributed by atoms with Gasteiger partial charge in [-0.05, 0) is 23.8 Å². The van der Waals surface area contributed by atoms with Gasteiger partial charge < -0.3 is 4.74 Å². The van der Waals surface area contributed by atoms with E-state index < -0.39 is 0 Å². The minimum Gasteiger partial charge on any atom is -0.497 e. The van der Waals surface area contributed by atoms with E-state index in [0.29, 0.717) is 11.7 Å². The van der Waals surface area contributed by atoms with Crippen LogP contribution in [0, 0.1) is 0 Å². The lowest BCUT2D eigenvalue weighted by atomic mass is 10.2. The number of carbonyl (C=O) groups is 1. The number of anilines is 1. The van der Waals surface area contributed by atoms with Crippen LogP contribution >= 0.6 is 11.3 Å². The highest BCUT2D eigenvalue weighted by atomic mass is 32.1.